The Labute approximate surface area is 113 Å². The van der Waals surface area contributed by atoms with E-state index in [1.54, 1.807) is 0 Å². The predicted octanol–water partition coefficient (Wildman–Crippen LogP) is 2.59. The van der Waals surface area contributed by atoms with E-state index >= 15 is 0 Å². The molecule has 0 unspecified atom stereocenters. The van der Waals surface area contributed by atoms with Gasteiger partial charge in [0.2, 0.25) is 10.0 Å². The Morgan fingerprint density at radius 3 is 2.78 bits per heavy atom. The van der Waals surface area contributed by atoms with Gasteiger partial charge in [-0.05, 0) is 18.4 Å². The van der Waals surface area contributed by atoms with Crippen LogP contribution in [0.25, 0.3) is 0 Å². The summed E-state index contributed by atoms with van der Waals surface area (Å²) in [6.07, 6.45) is 8.62. The highest BCUT2D eigenvalue weighted by Crippen LogP contribution is 2.27. The zero-order chi connectivity index (χ0) is 13.0. The lowest BCUT2D eigenvalue weighted by atomic mass is 10.1. The molecule has 100 valence electrons. The molecule has 18 heavy (non-hydrogen) atoms. The second-order valence-electron chi connectivity index (χ2n) is 4.64. The van der Waals surface area contributed by atoms with Crippen molar-refractivity contribution >= 4 is 21.6 Å². The van der Waals surface area contributed by atoms with E-state index < -0.39 is 10.0 Å². The normalized spacial score (nSPS) is 17.2. The summed E-state index contributed by atoms with van der Waals surface area (Å²) in [5.41, 5.74) is 0. The van der Waals surface area contributed by atoms with Crippen molar-refractivity contribution in [3.63, 3.8) is 0 Å². The molecule has 1 N–H and O–H groups in total. The molecular formula is C12H17ClN2O2S. The summed E-state index contributed by atoms with van der Waals surface area (Å²) in [6, 6.07) is 1.48. The highest BCUT2D eigenvalue weighted by Gasteiger charge is 2.19. The number of hydrogen-bond acceptors (Lipinski definition) is 3. The fourth-order valence-electron chi connectivity index (χ4n) is 2.33. The number of rotatable bonds is 5. The first-order valence-corrected chi connectivity index (χ1v) is 8.05. The monoisotopic (exact) mass is 288 g/mol. The van der Waals surface area contributed by atoms with E-state index in [-0.39, 0.29) is 9.92 Å². The zero-order valence-electron chi connectivity index (χ0n) is 10.1. The molecule has 0 spiro atoms. The topological polar surface area (TPSA) is 59.1 Å². The fraction of sp³-hybridized carbons (Fsp3) is 0.583. The smallest absolute Gasteiger partial charge is 0.243 e. The van der Waals surface area contributed by atoms with Gasteiger partial charge in [0.05, 0.1) is 5.02 Å². The molecule has 0 radical (unpaired) electrons. The van der Waals surface area contributed by atoms with Crippen molar-refractivity contribution in [3.05, 3.63) is 23.5 Å². The summed E-state index contributed by atoms with van der Waals surface area (Å²) >= 11 is 5.86. The van der Waals surface area contributed by atoms with Gasteiger partial charge in [0.1, 0.15) is 4.90 Å². The molecule has 1 heterocycles. The van der Waals surface area contributed by atoms with E-state index in [4.69, 9.17) is 11.6 Å². The average Bonchev–Trinajstić information content (AvgIpc) is 2.82. The number of aromatic nitrogens is 1. The molecular weight excluding hydrogens is 272 g/mol. The molecule has 1 aliphatic carbocycles. The standard InChI is InChI=1S/C12H17ClN2O2S/c13-11-6-7-14-9-12(11)18(16,17)15-8-5-10-3-1-2-4-10/h6-7,9-10,15H,1-5,8H2. The van der Waals surface area contributed by atoms with Gasteiger partial charge < -0.3 is 0 Å². The number of pyridine rings is 1. The lowest BCUT2D eigenvalue weighted by Gasteiger charge is -2.10. The number of sulfonamides is 1. The van der Waals surface area contributed by atoms with Gasteiger partial charge in [-0.3, -0.25) is 4.98 Å². The van der Waals surface area contributed by atoms with Crippen molar-refractivity contribution in [3.8, 4) is 0 Å². The quantitative estimate of drug-likeness (QED) is 0.906. The molecule has 2 rings (SSSR count). The Balaban J connectivity index is 1.93. The molecule has 0 bridgehead atoms. The minimum absolute atomic E-state index is 0.0538. The first kappa shape index (κ1) is 13.8. The number of hydrogen-bond donors (Lipinski definition) is 1. The lowest BCUT2D eigenvalue weighted by Crippen LogP contribution is -2.26. The summed E-state index contributed by atoms with van der Waals surface area (Å²) in [6.45, 7) is 0.470. The molecule has 6 heteroatoms. The van der Waals surface area contributed by atoms with Crippen LogP contribution in [0.15, 0.2) is 23.4 Å². The first-order valence-electron chi connectivity index (χ1n) is 6.19. The summed E-state index contributed by atoms with van der Waals surface area (Å²) < 4.78 is 26.6. The average molecular weight is 289 g/mol. The number of nitrogens with zero attached hydrogens (tertiary/aromatic N) is 1. The van der Waals surface area contributed by atoms with Crippen LogP contribution in [0.2, 0.25) is 5.02 Å². The minimum atomic E-state index is -3.53. The SMILES string of the molecule is O=S(=O)(NCCC1CCCC1)c1cnccc1Cl. The number of nitrogens with one attached hydrogen (secondary N) is 1. The Morgan fingerprint density at radius 2 is 2.11 bits per heavy atom. The third kappa shape index (κ3) is 3.43. The van der Waals surface area contributed by atoms with Crippen LogP contribution < -0.4 is 4.72 Å². The van der Waals surface area contributed by atoms with E-state index in [1.807, 2.05) is 0 Å². The van der Waals surface area contributed by atoms with Gasteiger partial charge in [0.25, 0.3) is 0 Å². The van der Waals surface area contributed by atoms with Crippen LogP contribution in [0.4, 0.5) is 0 Å². The van der Waals surface area contributed by atoms with Crippen LogP contribution in [-0.2, 0) is 10.0 Å². The molecule has 1 fully saturated rings. The third-order valence-electron chi connectivity index (χ3n) is 3.34. The molecule has 4 nitrogen and oxygen atoms in total. The van der Waals surface area contributed by atoms with Gasteiger partial charge in [0, 0.05) is 18.9 Å². The Morgan fingerprint density at radius 1 is 1.39 bits per heavy atom. The molecule has 0 aromatic carbocycles. The van der Waals surface area contributed by atoms with Crippen LogP contribution in [0.5, 0.6) is 0 Å². The summed E-state index contributed by atoms with van der Waals surface area (Å²) in [5, 5.41) is 0.207. The highest BCUT2D eigenvalue weighted by atomic mass is 35.5. The van der Waals surface area contributed by atoms with Crippen molar-refractivity contribution in [2.75, 3.05) is 6.54 Å². The molecule has 1 aromatic rings. The molecule has 1 saturated carbocycles. The third-order valence-corrected chi connectivity index (χ3v) is 5.27. The molecule has 1 aliphatic rings. The second-order valence-corrected chi connectivity index (χ2v) is 6.79. The molecule has 0 saturated heterocycles. The van der Waals surface area contributed by atoms with E-state index in [9.17, 15) is 8.42 Å². The van der Waals surface area contributed by atoms with Gasteiger partial charge in [-0.1, -0.05) is 37.3 Å². The predicted molar refractivity (Wildman–Crippen MR) is 71.0 cm³/mol. The van der Waals surface area contributed by atoms with Crippen LogP contribution in [0.3, 0.4) is 0 Å². The van der Waals surface area contributed by atoms with Gasteiger partial charge in [0.15, 0.2) is 0 Å². The van der Waals surface area contributed by atoms with Crippen LogP contribution in [0, 0.1) is 5.92 Å². The maximum atomic E-state index is 12.0. The zero-order valence-corrected chi connectivity index (χ0v) is 11.7. The van der Waals surface area contributed by atoms with Crippen molar-refractivity contribution in [2.45, 2.75) is 37.0 Å². The van der Waals surface area contributed by atoms with E-state index in [2.05, 4.69) is 9.71 Å². The van der Waals surface area contributed by atoms with Crippen LogP contribution in [0.1, 0.15) is 32.1 Å². The molecule has 0 aliphatic heterocycles. The largest absolute Gasteiger partial charge is 0.263 e. The highest BCUT2D eigenvalue weighted by molar-refractivity contribution is 7.89. The van der Waals surface area contributed by atoms with Crippen molar-refractivity contribution in [2.24, 2.45) is 5.92 Å². The van der Waals surface area contributed by atoms with Crippen LogP contribution in [-0.4, -0.2) is 19.9 Å². The van der Waals surface area contributed by atoms with E-state index in [1.165, 1.54) is 44.1 Å². The summed E-state index contributed by atoms with van der Waals surface area (Å²) in [4.78, 5) is 3.85. The Bertz CT molecular complexity index is 499. The molecule has 0 atom stereocenters. The van der Waals surface area contributed by atoms with E-state index in [0.717, 1.165) is 6.42 Å². The van der Waals surface area contributed by atoms with Gasteiger partial charge in [-0.2, -0.15) is 0 Å². The first-order chi connectivity index (χ1) is 8.59. The lowest BCUT2D eigenvalue weighted by molar-refractivity contribution is 0.495. The van der Waals surface area contributed by atoms with E-state index in [0.29, 0.717) is 12.5 Å². The van der Waals surface area contributed by atoms with Crippen LogP contribution >= 0.6 is 11.6 Å². The van der Waals surface area contributed by atoms with Crippen molar-refractivity contribution in [1.82, 2.24) is 9.71 Å². The second kappa shape index (κ2) is 5.99. The minimum Gasteiger partial charge on any atom is -0.263 e. The maximum Gasteiger partial charge on any atom is 0.243 e. The summed E-state index contributed by atoms with van der Waals surface area (Å²) in [5.74, 6) is 0.664. The Kier molecular flexibility index (Phi) is 4.59. The van der Waals surface area contributed by atoms with Gasteiger partial charge in [-0.15, -0.1) is 0 Å². The fourth-order valence-corrected chi connectivity index (χ4v) is 3.81. The van der Waals surface area contributed by atoms with Gasteiger partial charge >= 0.3 is 0 Å². The van der Waals surface area contributed by atoms with Crippen molar-refractivity contribution in [1.29, 1.82) is 0 Å². The molecule has 1 aromatic heterocycles. The van der Waals surface area contributed by atoms with Gasteiger partial charge in [-0.25, -0.2) is 13.1 Å². The van der Waals surface area contributed by atoms with Crippen molar-refractivity contribution < 1.29 is 8.42 Å². The maximum absolute atomic E-state index is 12.0. The summed E-state index contributed by atoms with van der Waals surface area (Å²) in [7, 11) is -3.53. The number of halogens is 1. The Hall–Kier alpha value is -0.650. The molecule has 0 amide bonds.